The van der Waals surface area contributed by atoms with Gasteiger partial charge >= 0.3 is 0 Å². The maximum absolute atomic E-state index is 13.7. The fourth-order valence-electron chi connectivity index (χ4n) is 2.66. The van der Waals surface area contributed by atoms with E-state index >= 15 is 0 Å². The van der Waals surface area contributed by atoms with E-state index in [9.17, 15) is 4.39 Å². The number of rotatable bonds is 3. The highest BCUT2D eigenvalue weighted by atomic mass is 32.2. The summed E-state index contributed by atoms with van der Waals surface area (Å²) in [5.74, 6) is 0.907. The van der Waals surface area contributed by atoms with Crippen LogP contribution in [0.3, 0.4) is 0 Å². The Morgan fingerprint density at radius 1 is 1.16 bits per heavy atom. The van der Waals surface area contributed by atoms with Crippen molar-refractivity contribution < 1.29 is 9.13 Å². The monoisotopic (exact) mass is 354 g/mol. The third-order valence-electron chi connectivity index (χ3n) is 3.76. The molecule has 4 rings (SSSR count). The van der Waals surface area contributed by atoms with Gasteiger partial charge in [-0.05, 0) is 24.0 Å². The first kappa shape index (κ1) is 15.8. The van der Waals surface area contributed by atoms with Gasteiger partial charge in [-0.25, -0.2) is 4.39 Å². The second-order valence-electron chi connectivity index (χ2n) is 5.42. The first-order chi connectivity index (χ1) is 12.2. The average molecular weight is 354 g/mol. The van der Waals surface area contributed by atoms with Crippen LogP contribution in [0.15, 0.2) is 53.7 Å². The van der Waals surface area contributed by atoms with Crippen molar-refractivity contribution in [1.29, 1.82) is 0 Å². The van der Waals surface area contributed by atoms with Crippen molar-refractivity contribution in [2.45, 2.75) is 18.3 Å². The Hall–Kier alpha value is -2.67. The Labute approximate surface area is 148 Å². The fourth-order valence-corrected chi connectivity index (χ4v) is 3.16. The molecule has 5 nitrogen and oxygen atoms in total. The summed E-state index contributed by atoms with van der Waals surface area (Å²) in [7, 11) is 0. The number of ether oxygens (including phenoxy) is 1. The van der Waals surface area contributed by atoms with E-state index in [0.717, 1.165) is 17.0 Å². The molecule has 1 aliphatic heterocycles. The van der Waals surface area contributed by atoms with Gasteiger partial charge in [-0.3, -0.25) is 0 Å². The van der Waals surface area contributed by atoms with Gasteiger partial charge in [0.15, 0.2) is 11.9 Å². The summed E-state index contributed by atoms with van der Waals surface area (Å²) in [6.45, 7) is 2.02. The van der Waals surface area contributed by atoms with Gasteiger partial charge in [0.05, 0.1) is 0 Å². The topological polar surface area (TPSA) is 59.9 Å². The maximum Gasteiger partial charge on any atom is 0.247 e. The van der Waals surface area contributed by atoms with Crippen molar-refractivity contribution in [2.75, 3.05) is 11.1 Å². The highest BCUT2D eigenvalue weighted by Crippen LogP contribution is 2.39. The van der Waals surface area contributed by atoms with Crippen molar-refractivity contribution in [1.82, 2.24) is 15.2 Å². The van der Waals surface area contributed by atoms with E-state index in [2.05, 4.69) is 20.5 Å². The number of hydrogen-bond donors (Lipinski definition) is 1. The van der Waals surface area contributed by atoms with Gasteiger partial charge in [0.2, 0.25) is 11.0 Å². The van der Waals surface area contributed by atoms with Crippen LogP contribution in [0.5, 0.6) is 5.88 Å². The van der Waals surface area contributed by atoms with Gasteiger partial charge in [0.1, 0.15) is 5.82 Å². The molecule has 2 heterocycles. The molecule has 7 heteroatoms. The van der Waals surface area contributed by atoms with Gasteiger partial charge in [-0.15, -0.1) is 10.2 Å². The molecule has 0 saturated carbocycles. The fraction of sp³-hybridized carbons (Fsp3) is 0.167. The molecule has 0 radical (unpaired) electrons. The third kappa shape index (κ3) is 3.15. The summed E-state index contributed by atoms with van der Waals surface area (Å²) >= 11 is 1.49. The zero-order valence-corrected chi connectivity index (χ0v) is 14.3. The van der Waals surface area contributed by atoms with E-state index in [0.29, 0.717) is 22.3 Å². The molecule has 2 aromatic carbocycles. The molecule has 0 unspecified atom stereocenters. The molecule has 0 bridgehead atoms. The summed E-state index contributed by atoms with van der Waals surface area (Å²) in [5, 5.41) is 12.3. The van der Waals surface area contributed by atoms with E-state index in [1.165, 1.54) is 23.9 Å². The molecule has 0 spiro atoms. The van der Waals surface area contributed by atoms with Crippen LogP contribution in [0.2, 0.25) is 0 Å². The number of thioether (sulfide) groups is 1. The number of fused-ring (bicyclic) bond motifs is 3. The molecule has 1 aliphatic rings. The smallest absolute Gasteiger partial charge is 0.247 e. The lowest BCUT2D eigenvalue weighted by molar-refractivity contribution is 0.225. The second-order valence-corrected chi connectivity index (χ2v) is 6.66. The first-order valence-electron chi connectivity index (χ1n) is 7.90. The van der Waals surface area contributed by atoms with Gasteiger partial charge < -0.3 is 10.1 Å². The summed E-state index contributed by atoms with van der Waals surface area (Å²) in [6, 6.07) is 14.0. The van der Waals surface area contributed by atoms with Gasteiger partial charge in [0, 0.05) is 16.8 Å². The third-order valence-corrected chi connectivity index (χ3v) is 4.48. The summed E-state index contributed by atoms with van der Waals surface area (Å²) in [6.07, 6.45) is -0.575. The molecule has 0 amide bonds. The minimum absolute atomic E-state index is 0.316. The van der Waals surface area contributed by atoms with Crippen LogP contribution in [0.4, 0.5) is 10.1 Å². The molecule has 1 aromatic heterocycles. The predicted octanol–water partition coefficient (Wildman–Crippen LogP) is 4.29. The minimum Gasteiger partial charge on any atom is -0.448 e. The number of nitrogens with zero attached hydrogens (tertiary/aromatic N) is 3. The highest BCUT2D eigenvalue weighted by Gasteiger charge is 2.26. The summed E-state index contributed by atoms with van der Waals surface area (Å²) in [5.41, 5.74) is 2.93. The van der Waals surface area contributed by atoms with Gasteiger partial charge in [-0.1, -0.05) is 49.0 Å². The van der Waals surface area contributed by atoms with E-state index in [-0.39, 0.29) is 5.82 Å². The average Bonchev–Trinajstić information content (AvgIpc) is 2.78. The Balaban J connectivity index is 1.84. The Kier molecular flexibility index (Phi) is 4.23. The van der Waals surface area contributed by atoms with Crippen molar-refractivity contribution in [3.8, 4) is 17.1 Å². The van der Waals surface area contributed by atoms with Gasteiger partial charge in [0.25, 0.3) is 0 Å². The number of para-hydroxylation sites is 1. The number of halogens is 1. The molecule has 0 saturated heterocycles. The van der Waals surface area contributed by atoms with E-state index in [1.807, 2.05) is 37.3 Å². The van der Waals surface area contributed by atoms with Crippen LogP contribution >= 0.6 is 11.8 Å². The van der Waals surface area contributed by atoms with E-state index in [4.69, 9.17) is 4.74 Å². The predicted molar refractivity (Wildman–Crippen MR) is 95.1 cm³/mol. The Morgan fingerprint density at radius 3 is 2.88 bits per heavy atom. The van der Waals surface area contributed by atoms with Crippen LogP contribution in [-0.4, -0.2) is 20.9 Å². The molecular weight excluding hydrogens is 339 g/mol. The minimum atomic E-state index is -0.575. The highest BCUT2D eigenvalue weighted by molar-refractivity contribution is 7.99. The van der Waals surface area contributed by atoms with Crippen molar-refractivity contribution in [3.05, 3.63) is 59.9 Å². The lowest BCUT2D eigenvalue weighted by Crippen LogP contribution is -2.17. The molecular formula is C18H15FN4OS. The second kappa shape index (κ2) is 6.68. The van der Waals surface area contributed by atoms with Crippen molar-refractivity contribution in [2.24, 2.45) is 0 Å². The number of anilines is 1. The lowest BCUT2D eigenvalue weighted by Gasteiger charge is -2.19. The lowest BCUT2D eigenvalue weighted by atomic mass is 10.1. The number of hydrogen-bond acceptors (Lipinski definition) is 6. The number of nitrogens with one attached hydrogen (secondary N) is 1. The zero-order chi connectivity index (χ0) is 17.2. The van der Waals surface area contributed by atoms with Crippen molar-refractivity contribution >= 4 is 17.4 Å². The summed E-state index contributed by atoms with van der Waals surface area (Å²) < 4.78 is 19.7. The maximum atomic E-state index is 13.7. The normalized spacial score (nSPS) is 15.4. The van der Waals surface area contributed by atoms with Crippen molar-refractivity contribution in [3.63, 3.8) is 0 Å². The SMILES string of the molecule is CCSc1nnc2c(n1)O[C@H](c1cccc(F)c1)Nc1ccccc1-2. The standard InChI is InChI=1S/C18H15FN4OS/c1-2-25-18-21-17-15(22-23-18)13-8-3-4-9-14(13)20-16(24-17)11-6-5-7-12(19)10-11/h3-10,16,20H,2H2,1H3/t16-/m1/s1. The van der Waals surface area contributed by atoms with Crippen LogP contribution < -0.4 is 10.1 Å². The number of aromatic nitrogens is 3. The van der Waals surface area contributed by atoms with Crippen LogP contribution in [0, 0.1) is 5.82 Å². The van der Waals surface area contributed by atoms with Crippen LogP contribution in [0.1, 0.15) is 18.7 Å². The molecule has 3 aromatic rings. The van der Waals surface area contributed by atoms with E-state index in [1.54, 1.807) is 6.07 Å². The Bertz CT molecular complexity index is 921. The van der Waals surface area contributed by atoms with Gasteiger partial charge in [-0.2, -0.15) is 4.98 Å². The Morgan fingerprint density at radius 2 is 2.04 bits per heavy atom. The van der Waals surface area contributed by atoms with Crippen LogP contribution in [0.25, 0.3) is 11.3 Å². The first-order valence-corrected chi connectivity index (χ1v) is 8.88. The molecule has 0 fully saturated rings. The van der Waals surface area contributed by atoms with E-state index < -0.39 is 6.23 Å². The molecule has 1 N–H and O–H groups in total. The zero-order valence-electron chi connectivity index (χ0n) is 13.4. The largest absolute Gasteiger partial charge is 0.448 e. The quantitative estimate of drug-likeness (QED) is 0.708. The summed E-state index contributed by atoms with van der Waals surface area (Å²) in [4.78, 5) is 4.49. The van der Waals surface area contributed by atoms with Crippen LogP contribution in [-0.2, 0) is 0 Å². The number of benzene rings is 2. The molecule has 25 heavy (non-hydrogen) atoms. The molecule has 0 aliphatic carbocycles. The molecule has 1 atom stereocenters. The molecule has 126 valence electrons.